The van der Waals surface area contributed by atoms with E-state index < -0.39 is 6.04 Å². The number of benzene rings is 2. The maximum absolute atomic E-state index is 13.5. The van der Waals surface area contributed by atoms with Crippen molar-refractivity contribution in [2.24, 2.45) is 5.92 Å². The molecule has 2 aliphatic rings. The fourth-order valence-corrected chi connectivity index (χ4v) is 5.39. The van der Waals surface area contributed by atoms with E-state index in [0.717, 1.165) is 37.7 Å². The molecule has 1 N–H and O–H groups in total. The molecule has 4 atom stereocenters. The van der Waals surface area contributed by atoms with Gasteiger partial charge in [0.05, 0.1) is 19.8 Å². The first-order valence-electron chi connectivity index (χ1n) is 12.5. The van der Waals surface area contributed by atoms with Gasteiger partial charge < -0.3 is 19.7 Å². The minimum atomic E-state index is -0.447. The first-order chi connectivity index (χ1) is 16.5. The van der Waals surface area contributed by atoms with Gasteiger partial charge in [0.2, 0.25) is 5.91 Å². The minimum absolute atomic E-state index is 0.0399. The highest BCUT2D eigenvalue weighted by molar-refractivity contribution is 5.98. The maximum Gasteiger partial charge on any atom is 0.254 e. The van der Waals surface area contributed by atoms with E-state index in [2.05, 4.69) is 12.2 Å². The lowest BCUT2D eigenvalue weighted by Crippen LogP contribution is -2.50. The van der Waals surface area contributed by atoms with E-state index in [0.29, 0.717) is 29.6 Å². The Balaban J connectivity index is 1.52. The van der Waals surface area contributed by atoms with E-state index in [1.807, 2.05) is 60.4 Å². The van der Waals surface area contributed by atoms with Crippen LogP contribution in [0.1, 0.15) is 74.3 Å². The smallest absolute Gasteiger partial charge is 0.254 e. The van der Waals surface area contributed by atoms with Crippen LogP contribution in [-0.4, -0.2) is 42.5 Å². The quantitative estimate of drug-likeness (QED) is 0.588. The Kier molecular flexibility index (Phi) is 7.76. The number of hydrogen-bond donors (Lipinski definition) is 1. The number of rotatable bonds is 8. The number of methoxy groups -OCH3 is 1. The molecule has 1 aliphatic heterocycles. The number of ether oxygens (including phenoxy) is 2. The van der Waals surface area contributed by atoms with Gasteiger partial charge in [-0.1, -0.05) is 44.0 Å². The summed E-state index contributed by atoms with van der Waals surface area (Å²) in [5, 5.41) is 3.17. The third-order valence-electron chi connectivity index (χ3n) is 7.15. The monoisotopic (exact) mass is 464 g/mol. The van der Waals surface area contributed by atoms with Crippen molar-refractivity contribution < 1.29 is 19.1 Å². The Morgan fingerprint density at radius 3 is 2.59 bits per heavy atom. The number of nitrogens with one attached hydrogen (secondary N) is 1. The van der Waals surface area contributed by atoms with E-state index in [-0.39, 0.29) is 23.9 Å². The largest absolute Gasteiger partial charge is 0.493 e. The highest BCUT2D eigenvalue weighted by Crippen LogP contribution is 2.41. The van der Waals surface area contributed by atoms with Gasteiger partial charge in [0, 0.05) is 11.6 Å². The zero-order chi connectivity index (χ0) is 24.1. The minimum Gasteiger partial charge on any atom is -0.493 e. The van der Waals surface area contributed by atoms with Crippen LogP contribution >= 0.6 is 0 Å². The SMILES string of the molecule is CCCOc1ccc(C(C)NC(=O)C2CC3CCCCC3N2C(=O)c2ccccc2)cc1OC. The van der Waals surface area contributed by atoms with Gasteiger partial charge in [-0.05, 0) is 68.4 Å². The van der Waals surface area contributed by atoms with Crippen molar-refractivity contribution in [3.8, 4) is 11.5 Å². The lowest BCUT2D eigenvalue weighted by atomic mass is 9.84. The highest BCUT2D eigenvalue weighted by atomic mass is 16.5. The molecule has 2 aromatic carbocycles. The molecule has 0 aromatic heterocycles. The molecule has 6 heteroatoms. The fourth-order valence-electron chi connectivity index (χ4n) is 5.39. The van der Waals surface area contributed by atoms with Gasteiger partial charge in [0.1, 0.15) is 6.04 Å². The molecule has 0 radical (unpaired) electrons. The topological polar surface area (TPSA) is 67.9 Å². The lowest BCUT2D eigenvalue weighted by molar-refractivity contribution is -0.125. The van der Waals surface area contributed by atoms with Crippen LogP contribution in [0.4, 0.5) is 0 Å². The van der Waals surface area contributed by atoms with Crippen LogP contribution in [0, 0.1) is 5.92 Å². The Morgan fingerprint density at radius 1 is 1.09 bits per heavy atom. The number of hydrogen-bond acceptors (Lipinski definition) is 4. The van der Waals surface area contributed by atoms with E-state index in [1.165, 1.54) is 6.42 Å². The van der Waals surface area contributed by atoms with Crippen LogP contribution in [0.3, 0.4) is 0 Å². The van der Waals surface area contributed by atoms with Crippen LogP contribution in [0.5, 0.6) is 11.5 Å². The molecule has 182 valence electrons. The molecule has 0 bridgehead atoms. The second-order valence-electron chi connectivity index (χ2n) is 9.43. The summed E-state index contributed by atoms with van der Waals surface area (Å²) < 4.78 is 11.3. The Labute approximate surface area is 202 Å². The van der Waals surface area contributed by atoms with E-state index in [4.69, 9.17) is 9.47 Å². The Bertz CT molecular complexity index is 993. The summed E-state index contributed by atoms with van der Waals surface area (Å²) in [6.07, 6.45) is 5.98. The molecule has 34 heavy (non-hydrogen) atoms. The van der Waals surface area contributed by atoms with Crippen molar-refractivity contribution in [3.63, 3.8) is 0 Å². The van der Waals surface area contributed by atoms with Crippen molar-refractivity contribution in [2.75, 3.05) is 13.7 Å². The second-order valence-corrected chi connectivity index (χ2v) is 9.43. The summed E-state index contributed by atoms with van der Waals surface area (Å²) in [7, 11) is 1.62. The normalized spacial score (nSPS) is 22.6. The third-order valence-corrected chi connectivity index (χ3v) is 7.15. The molecule has 6 nitrogen and oxygen atoms in total. The first-order valence-corrected chi connectivity index (χ1v) is 12.5. The molecule has 1 aliphatic carbocycles. The number of nitrogens with zero attached hydrogens (tertiary/aromatic N) is 1. The molecular formula is C28H36N2O4. The van der Waals surface area contributed by atoms with E-state index in [9.17, 15) is 9.59 Å². The second kappa shape index (κ2) is 10.9. The zero-order valence-corrected chi connectivity index (χ0v) is 20.5. The predicted molar refractivity (Wildman–Crippen MR) is 132 cm³/mol. The van der Waals surface area contributed by atoms with Crippen molar-refractivity contribution in [1.82, 2.24) is 10.2 Å². The summed E-state index contributed by atoms with van der Waals surface area (Å²) in [4.78, 5) is 28.9. The van der Waals surface area contributed by atoms with Gasteiger partial charge in [0.25, 0.3) is 5.91 Å². The highest BCUT2D eigenvalue weighted by Gasteiger charge is 2.47. The number of amides is 2. The molecule has 0 spiro atoms. The molecule has 4 rings (SSSR count). The molecule has 4 unspecified atom stereocenters. The summed E-state index contributed by atoms with van der Waals surface area (Å²) in [6.45, 7) is 4.64. The fraction of sp³-hybridized carbons (Fsp3) is 0.500. The van der Waals surface area contributed by atoms with E-state index >= 15 is 0 Å². The summed E-state index contributed by atoms with van der Waals surface area (Å²) in [6, 6.07) is 14.6. The average molecular weight is 465 g/mol. The number of carbonyl (C=O) groups excluding carboxylic acids is 2. The number of fused-ring (bicyclic) bond motifs is 1. The molecule has 1 saturated carbocycles. The maximum atomic E-state index is 13.5. The summed E-state index contributed by atoms with van der Waals surface area (Å²) in [5.41, 5.74) is 1.58. The number of likely N-dealkylation sites (tertiary alicyclic amines) is 1. The van der Waals surface area contributed by atoms with Gasteiger partial charge in [-0.25, -0.2) is 0 Å². The molecule has 2 fully saturated rings. The standard InChI is InChI=1S/C28H36N2O4/c1-4-16-34-25-15-14-21(18-26(25)33-3)19(2)29-27(31)24-17-22-12-8-9-13-23(22)30(24)28(32)20-10-6-5-7-11-20/h5-7,10-11,14-15,18-19,22-24H,4,8-9,12-13,16-17H2,1-3H3,(H,29,31). The van der Waals surface area contributed by atoms with Crippen molar-refractivity contribution >= 4 is 11.8 Å². The van der Waals surface area contributed by atoms with Crippen molar-refractivity contribution in [1.29, 1.82) is 0 Å². The zero-order valence-electron chi connectivity index (χ0n) is 20.5. The molecule has 2 aromatic rings. The van der Waals surface area contributed by atoms with Gasteiger partial charge in [-0.15, -0.1) is 0 Å². The number of carbonyl (C=O) groups is 2. The van der Waals surface area contributed by atoms with Gasteiger partial charge >= 0.3 is 0 Å². The van der Waals surface area contributed by atoms with Crippen LogP contribution in [0.25, 0.3) is 0 Å². The van der Waals surface area contributed by atoms with Crippen molar-refractivity contribution in [2.45, 2.75) is 70.5 Å². The molecule has 1 saturated heterocycles. The first kappa shape index (κ1) is 24.1. The lowest BCUT2D eigenvalue weighted by Gasteiger charge is -2.34. The predicted octanol–water partition coefficient (Wildman–Crippen LogP) is 5.13. The van der Waals surface area contributed by atoms with Gasteiger partial charge in [-0.2, -0.15) is 0 Å². The molecule has 2 amide bonds. The molecule has 1 heterocycles. The summed E-state index contributed by atoms with van der Waals surface area (Å²) >= 11 is 0. The molecular weight excluding hydrogens is 428 g/mol. The third kappa shape index (κ3) is 5.06. The average Bonchev–Trinajstić information content (AvgIpc) is 3.27. The van der Waals surface area contributed by atoms with Crippen LogP contribution in [0.15, 0.2) is 48.5 Å². The van der Waals surface area contributed by atoms with Crippen LogP contribution in [-0.2, 0) is 4.79 Å². The Morgan fingerprint density at radius 2 is 1.85 bits per heavy atom. The van der Waals surface area contributed by atoms with Crippen LogP contribution in [0.2, 0.25) is 0 Å². The van der Waals surface area contributed by atoms with Crippen LogP contribution < -0.4 is 14.8 Å². The van der Waals surface area contributed by atoms with E-state index in [1.54, 1.807) is 7.11 Å². The Hall–Kier alpha value is -3.02. The van der Waals surface area contributed by atoms with Gasteiger partial charge in [-0.3, -0.25) is 9.59 Å². The summed E-state index contributed by atoms with van der Waals surface area (Å²) in [5.74, 6) is 1.62. The van der Waals surface area contributed by atoms with Crippen molar-refractivity contribution in [3.05, 3.63) is 59.7 Å². The van der Waals surface area contributed by atoms with Gasteiger partial charge in [0.15, 0.2) is 11.5 Å².